The molecule has 2 rings (SSSR count). The molecule has 0 bridgehead atoms. The lowest BCUT2D eigenvalue weighted by Crippen LogP contribution is -2.45. The molecular formula is C11H16N4O3. The quantitative estimate of drug-likeness (QED) is 0.803. The van der Waals surface area contributed by atoms with E-state index in [0.717, 1.165) is 12.2 Å². The SMILES string of the molecule is Cn1ccnc1CNC(=O)N1CCC[C@H]1C(=O)O. The van der Waals surface area contributed by atoms with E-state index in [2.05, 4.69) is 10.3 Å². The fraction of sp³-hybridized carbons (Fsp3) is 0.545. The van der Waals surface area contributed by atoms with Crippen LogP contribution in [0.25, 0.3) is 0 Å². The van der Waals surface area contributed by atoms with E-state index >= 15 is 0 Å². The van der Waals surface area contributed by atoms with Crippen molar-refractivity contribution < 1.29 is 14.7 Å². The standard InChI is InChI=1S/C11H16N4O3/c1-14-6-4-12-9(14)7-13-11(18)15-5-2-3-8(15)10(16)17/h4,6,8H,2-3,5,7H2,1H3,(H,13,18)(H,16,17)/t8-/m0/s1. The third-order valence-corrected chi connectivity index (χ3v) is 3.12. The molecule has 98 valence electrons. The summed E-state index contributed by atoms with van der Waals surface area (Å²) in [6, 6.07) is -1.05. The van der Waals surface area contributed by atoms with E-state index < -0.39 is 12.0 Å². The van der Waals surface area contributed by atoms with Crippen molar-refractivity contribution in [1.82, 2.24) is 19.8 Å². The van der Waals surface area contributed by atoms with Gasteiger partial charge in [-0.2, -0.15) is 0 Å². The molecule has 1 saturated heterocycles. The number of likely N-dealkylation sites (tertiary alicyclic amines) is 1. The van der Waals surface area contributed by atoms with Gasteiger partial charge in [0.1, 0.15) is 11.9 Å². The normalized spacial score (nSPS) is 18.9. The number of imidazole rings is 1. The molecule has 7 heteroatoms. The Morgan fingerprint density at radius 2 is 2.39 bits per heavy atom. The van der Waals surface area contributed by atoms with Gasteiger partial charge >= 0.3 is 12.0 Å². The maximum atomic E-state index is 11.9. The summed E-state index contributed by atoms with van der Waals surface area (Å²) in [5.74, 6) is -0.214. The zero-order chi connectivity index (χ0) is 13.1. The Balaban J connectivity index is 1.92. The number of carboxylic acid groups (broad SMARTS) is 1. The first-order valence-corrected chi connectivity index (χ1v) is 5.83. The highest BCUT2D eigenvalue weighted by molar-refractivity contribution is 5.83. The molecule has 7 nitrogen and oxygen atoms in total. The molecule has 1 fully saturated rings. The first kappa shape index (κ1) is 12.4. The van der Waals surface area contributed by atoms with E-state index in [1.54, 1.807) is 17.0 Å². The summed E-state index contributed by atoms with van der Waals surface area (Å²) in [6.45, 7) is 0.786. The van der Waals surface area contributed by atoms with Gasteiger partial charge in [0, 0.05) is 26.0 Å². The molecule has 0 aliphatic carbocycles. The van der Waals surface area contributed by atoms with Crippen LogP contribution in [-0.2, 0) is 18.4 Å². The minimum atomic E-state index is -0.945. The lowest BCUT2D eigenvalue weighted by molar-refractivity contribution is -0.141. The maximum Gasteiger partial charge on any atom is 0.326 e. The molecule has 0 spiro atoms. The highest BCUT2D eigenvalue weighted by Crippen LogP contribution is 2.17. The Hall–Kier alpha value is -2.05. The Morgan fingerprint density at radius 3 is 3.00 bits per heavy atom. The number of carboxylic acids is 1. The predicted octanol–water partition coefficient (Wildman–Crippen LogP) is 0.179. The molecule has 0 radical (unpaired) electrons. The minimum absolute atomic E-state index is 0.297. The Kier molecular flexibility index (Phi) is 3.50. The van der Waals surface area contributed by atoms with Gasteiger partial charge in [-0.1, -0.05) is 0 Å². The van der Waals surface area contributed by atoms with Crippen LogP contribution in [-0.4, -0.2) is 44.1 Å². The van der Waals surface area contributed by atoms with E-state index in [1.165, 1.54) is 4.90 Å². The van der Waals surface area contributed by atoms with E-state index in [1.807, 2.05) is 7.05 Å². The molecular weight excluding hydrogens is 236 g/mol. The Morgan fingerprint density at radius 1 is 1.61 bits per heavy atom. The van der Waals surface area contributed by atoms with Crippen LogP contribution in [0.5, 0.6) is 0 Å². The third-order valence-electron chi connectivity index (χ3n) is 3.12. The molecule has 0 aromatic carbocycles. The number of carbonyl (C=O) groups excluding carboxylic acids is 1. The van der Waals surface area contributed by atoms with Gasteiger partial charge in [-0.3, -0.25) is 0 Å². The van der Waals surface area contributed by atoms with Crippen LogP contribution in [0.2, 0.25) is 0 Å². The fourth-order valence-electron chi connectivity index (χ4n) is 2.09. The van der Waals surface area contributed by atoms with Crippen molar-refractivity contribution in [3.05, 3.63) is 18.2 Å². The van der Waals surface area contributed by atoms with Gasteiger partial charge in [0.15, 0.2) is 0 Å². The number of rotatable bonds is 3. The summed E-state index contributed by atoms with van der Waals surface area (Å²) in [7, 11) is 1.84. The second-order valence-electron chi connectivity index (χ2n) is 4.30. The third kappa shape index (κ3) is 2.44. The molecule has 18 heavy (non-hydrogen) atoms. The molecule has 2 N–H and O–H groups in total. The number of carbonyl (C=O) groups is 2. The van der Waals surface area contributed by atoms with Crippen molar-refractivity contribution in [3.63, 3.8) is 0 Å². The highest BCUT2D eigenvalue weighted by atomic mass is 16.4. The van der Waals surface area contributed by atoms with Gasteiger partial charge in [0.25, 0.3) is 0 Å². The van der Waals surface area contributed by atoms with Gasteiger partial charge in [0.05, 0.1) is 6.54 Å². The average Bonchev–Trinajstić information content (AvgIpc) is 2.94. The monoisotopic (exact) mass is 252 g/mol. The molecule has 1 aliphatic heterocycles. The summed E-state index contributed by atoms with van der Waals surface area (Å²) in [6.07, 6.45) is 4.69. The van der Waals surface area contributed by atoms with Crippen LogP contribution in [0.15, 0.2) is 12.4 Å². The van der Waals surface area contributed by atoms with Crippen molar-refractivity contribution in [2.75, 3.05) is 6.54 Å². The minimum Gasteiger partial charge on any atom is -0.480 e. The number of nitrogens with zero attached hydrogens (tertiary/aromatic N) is 3. The summed E-state index contributed by atoms with van der Waals surface area (Å²) in [4.78, 5) is 28.3. The van der Waals surface area contributed by atoms with Gasteiger partial charge in [-0.15, -0.1) is 0 Å². The van der Waals surface area contributed by atoms with Crippen LogP contribution in [0.3, 0.4) is 0 Å². The molecule has 2 heterocycles. The number of aromatic nitrogens is 2. The van der Waals surface area contributed by atoms with Gasteiger partial charge < -0.3 is 19.9 Å². The topological polar surface area (TPSA) is 87.5 Å². The summed E-state index contributed by atoms with van der Waals surface area (Å²) in [5, 5.41) is 11.7. The fourth-order valence-corrected chi connectivity index (χ4v) is 2.09. The lowest BCUT2D eigenvalue weighted by atomic mass is 10.2. The lowest BCUT2D eigenvalue weighted by Gasteiger charge is -2.21. The zero-order valence-electron chi connectivity index (χ0n) is 10.2. The van der Waals surface area contributed by atoms with Crippen molar-refractivity contribution in [1.29, 1.82) is 0 Å². The van der Waals surface area contributed by atoms with Gasteiger partial charge in [-0.25, -0.2) is 14.6 Å². The molecule has 2 amide bonds. The molecule has 0 unspecified atom stereocenters. The van der Waals surface area contributed by atoms with E-state index in [0.29, 0.717) is 19.5 Å². The van der Waals surface area contributed by atoms with Crippen LogP contribution in [0, 0.1) is 0 Å². The van der Waals surface area contributed by atoms with Crippen molar-refractivity contribution in [2.45, 2.75) is 25.4 Å². The van der Waals surface area contributed by atoms with Crippen LogP contribution < -0.4 is 5.32 Å². The average molecular weight is 252 g/mol. The van der Waals surface area contributed by atoms with Crippen LogP contribution in [0.4, 0.5) is 4.79 Å². The van der Waals surface area contributed by atoms with Gasteiger partial charge in [-0.05, 0) is 12.8 Å². The number of nitrogens with one attached hydrogen (secondary N) is 1. The number of aryl methyl sites for hydroxylation is 1. The second-order valence-corrected chi connectivity index (χ2v) is 4.30. The Labute approximate surface area is 104 Å². The predicted molar refractivity (Wildman–Crippen MR) is 62.8 cm³/mol. The molecule has 1 atom stereocenters. The largest absolute Gasteiger partial charge is 0.480 e. The first-order chi connectivity index (χ1) is 8.59. The second kappa shape index (κ2) is 5.07. The number of amides is 2. The molecule has 0 saturated carbocycles. The summed E-state index contributed by atoms with van der Waals surface area (Å²) < 4.78 is 1.80. The number of urea groups is 1. The summed E-state index contributed by atoms with van der Waals surface area (Å²) in [5.41, 5.74) is 0. The number of hydrogen-bond acceptors (Lipinski definition) is 3. The van der Waals surface area contributed by atoms with Crippen molar-refractivity contribution >= 4 is 12.0 Å². The molecule has 1 aliphatic rings. The van der Waals surface area contributed by atoms with E-state index in [4.69, 9.17) is 5.11 Å². The van der Waals surface area contributed by atoms with Crippen molar-refractivity contribution in [3.8, 4) is 0 Å². The number of hydrogen-bond donors (Lipinski definition) is 2. The van der Waals surface area contributed by atoms with E-state index in [-0.39, 0.29) is 6.03 Å². The van der Waals surface area contributed by atoms with Crippen molar-refractivity contribution in [2.24, 2.45) is 7.05 Å². The highest BCUT2D eigenvalue weighted by Gasteiger charge is 2.33. The number of aliphatic carboxylic acids is 1. The first-order valence-electron chi connectivity index (χ1n) is 5.83. The molecule has 1 aromatic rings. The van der Waals surface area contributed by atoms with Crippen LogP contribution in [0.1, 0.15) is 18.7 Å². The zero-order valence-corrected chi connectivity index (χ0v) is 10.2. The Bertz CT molecular complexity index is 457. The summed E-state index contributed by atoms with van der Waals surface area (Å²) >= 11 is 0. The molecule has 1 aromatic heterocycles. The smallest absolute Gasteiger partial charge is 0.326 e. The van der Waals surface area contributed by atoms with Gasteiger partial charge in [0.2, 0.25) is 0 Å². The van der Waals surface area contributed by atoms with E-state index in [9.17, 15) is 9.59 Å². The van der Waals surface area contributed by atoms with Crippen LogP contribution >= 0.6 is 0 Å². The maximum absolute atomic E-state index is 11.9.